The predicted octanol–water partition coefficient (Wildman–Crippen LogP) is 0.679. The van der Waals surface area contributed by atoms with E-state index < -0.39 is 67.8 Å². The summed E-state index contributed by atoms with van der Waals surface area (Å²) in [5.74, 6) is -0.515. The summed E-state index contributed by atoms with van der Waals surface area (Å²) in [5.41, 5.74) is -3.49. The van der Waals surface area contributed by atoms with Crippen LogP contribution >= 0.6 is 7.75 Å². The highest BCUT2D eigenvalue weighted by Gasteiger charge is 2.54. The third kappa shape index (κ3) is 6.49. The number of ether oxygens (including phenoxy) is 2. The lowest BCUT2D eigenvalue weighted by molar-refractivity contribution is -0.149. The highest BCUT2D eigenvalue weighted by atomic mass is 31.2. The molecule has 0 radical (unpaired) electrons. The van der Waals surface area contributed by atoms with Crippen molar-refractivity contribution in [3.05, 3.63) is 63.4 Å². The molecule has 0 bridgehead atoms. The average Bonchev–Trinajstić information content (AvgIpc) is 3.01. The number of rotatable bonds is 10. The van der Waals surface area contributed by atoms with Crippen LogP contribution < -0.4 is 20.9 Å². The number of para-hydroxylation sites is 1. The van der Waals surface area contributed by atoms with Crippen LogP contribution in [-0.4, -0.2) is 62.3 Å². The highest BCUT2D eigenvalue weighted by Crippen LogP contribution is 2.46. The Morgan fingerprint density at radius 2 is 1.92 bits per heavy atom. The number of nitrogens with one attached hydrogen (secondary N) is 2. The third-order valence-electron chi connectivity index (χ3n) is 5.29. The lowest BCUT2D eigenvalue weighted by Gasteiger charge is -2.27. The Labute approximate surface area is 206 Å². The van der Waals surface area contributed by atoms with Crippen molar-refractivity contribution in [1.29, 1.82) is 0 Å². The van der Waals surface area contributed by atoms with Gasteiger partial charge in [0.1, 0.15) is 29.6 Å². The molecule has 198 valence electrons. The van der Waals surface area contributed by atoms with Gasteiger partial charge in [-0.2, -0.15) is 5.09 Å². The zero-order valence-electron chi connectivity index (χ0n) is 20.2. The van der Waals surface area contributed by atoms with Crippen LogP contribution in [-0.2, 0) is 23.4 Å². The van der Waals surface area contributed by atoms with Crippen LogP contribution in [0.4, 0.5) is 0 Å². The molecule has 14 heteroatoms. The molecule has 4 N–H and O–H groups in total. The van der Waals surface area contributed by atoms with E-state index in [2.05, 4.69) is 5.09 Å². The van der Waals surface area contributed by atoms with Crippen LogP contribution in [0.3, 0.4) is 0 Å². The maximum atomic E-state index is 13.6. The summed E-state index contributed by atoms with van der Waals surface area (Å²) in [4.78, 5) is 37.9. The topological polar surface area (TPSA) is 178 Å². The first-order valence-corrected chi connectivity index (χ1v) is 12.7. The number of nitrogens with zero attached hydrogens (tertiary/aromatic N) is 1. The quantitative estimate of drug-likeness (QED) is 0.252. The third-order valence-corrected chi connectivity index (χ3v) is 6.94. The summed E-state index contributed by atoms with van der Waals surface area (Å²) in [6.45, 7) is 5.42. The average molecular weight is 527 g/mol. The maximum Gasteiger partial charge on any atom is 0.459 e. The van der Waals surface area contributed by atoms with Crippen LogP contribution in [0.5, 0.6) is 5.75 Å². The van der Waals surface area contributed by atoms with Gasteiger partial charge in [0.15, 0.2) is 6.23 Å². The van der Waals surface area contributed by atoms with Crippen LogP contribution in [0, 0.1) is 0 Å². The summed E-state index contributed by atoms with van der Waals surface area (Å²) < 4.78 is 36.3. The van der Waals surface area contributed by atoms with Crippen molar-refractivity contribution in [2.24, 2.45) is 0 Å². The number of hydrogen-bond acceptors (Lipinski definition) is 10. The van der Waals surface area contributed by atoms with Crippen molar-refractivity contribution in [1.82, 2.24) is 14.6 Å². The second-order valence-electron chi connectivity index (χ2n) is 8.75. The van der Waals surface area contributed by atoms with Crippen LogP contribution in [0.25, 0.3) is 0 Å². The molecule has 0 aliphatic carbocycles. The summed E-state index contributed by atoms with van der Waals surface area (Å²) in [7, 11) is -4.26. The van der Waals surface area contributed by atoms with Crippen LogP contribution in [0.1, 0.15) is 33.9 Å². The van der Waals surface area contributed by atoms with Gasteiger partial charge >= 0.3 is 19.4 Å². The number of carbonyl (C=O) groups is 1. The van der Waals surface area contributed by atoms with Gasteiger partial charge in [0.25, 0.3) is 5.56 Å². The number of aliphatic hydroxyl groups excluding tert-OH is 1. The van der Waals surface area contributed by atoms with E-state index in [0.717, 1.165) is 16.8 Å². The molecule has 1 aromatic carbocycles. The largest absolute Gasteiger partial charge is 0.462 e. The molecule has 1 fully saturated rings. The van der Waals surface area contributed by atoms with Crippen molar-refractivity contribution in [2.45, 2.75) is 63.9 Å². The molecule has 1 aromatic heterocycles. The fourth-order valence-corrected chi connectivity index (χ4v) is 5.00. The molecule has 6 atom stereocenters. The number of hydrogen-bond donors (Lipinski definition) is 4. The second-order valence-corrected chi connectivity index (χ2v) is 10.4. The molecule has 1 aliphatic heterocycles. The van der Waals surface area contributed by atoms with Crippen LogP contribution in [0.15, 0.2) is 52.2 Å². The molecule has 1 saturated heterocycles. The zero-order valence-corrected chi connectivity index (χ0v) is 21.1. The number of H-pyrrole nitrogens is 1. The first kappa shape index (κ1) is 27.8. The van der Waals surface area contributed by atoms with E-state index in [9.17, 15) is 29.2 Å². The van der Waals surface area contributed by atoms with E-state index in [-0.39, 0.29) is 5.75 Å². The molecule has 2 heterocycles. The van der Waals surface area contributed by atoms with Gasteiger partial charge in [0, 0.05) is 12.3 Å². The minimum absolute atomic E-state index is 0.176. The van der Waals surface area contributed by atoms with Crippen molar-refractivity contribution in [3.63, 3.8) is 0 Å². The molecular weight excluding hydrogens is 497 g/mol. The van der Waals surface area contributed by atoms with E-state index >= 15 is 0 Å². The number of benzene rings is 1. The van der Waals surface area contributed by atoms with Crippen molar-refractivity contribution >= 4 is 13.7 Å². The fourth-order valence-electron chi connectivity index (χ4n) is 3.50. The molecule has 0 saturated carbocycles. The Bertz CT molecular complexity index is 1210. The number of aromatic nitrogens is 2. The Morgan fingerprint density at radius 1 is 1.25 bits per heavy atom. The minimum Gasteiger partial charge on any atom is -0.462 e. The summed E-state index contributed by atoms with van der Waals surface area (Å²) in [6, 6.07) is 8.02. The Morgan fingerprint density at radius 3 is 2.53 bits per heavy atom. The molecule has 36 heavy (non-hydrogen) atoms. The second kappa shape index (κ2) is 11.1. The van der Waals surface area contributed by atoms with Gasteiger partial charge in [-0.15, -0.1) is 0 Å². The standard InChI is InChI=1S/C22H30N3O10P/c1-13(2)33-19(28)14(3)24-36(31,35-15-8-6-5-7-9-15)32-12-16-18(27)22(4,30)20(34-16)25-11-10-17(26)23-21(25)29/h5-11,13-14,16,18,20,27,30H,12H2,1-4H3,(H,24,31)(H,23,26,29)/t14-,16?,18-,20+,22?,36?/m0/s1. The molecule has 2 aromatic rings. The normalized spacial score (nSPS) is 26.4. The zero-order chi connectivity index (χ0) is 26.7. The van der Waals surface area contributed by atoms with Crippen LogP contribution in [0.2, 0.25) is 0 Å². The van der Waals surface area contributed by atoms with Gasteiger partial charge in [-0.25, -0.2) is 9.36 Å². The van der Waals surface area contributed by atoms with Gasteiger partial charge in [0.2, 0.25) is 0 Å². The predicted molar refractivity (Wildman–Crippen MR) is 126 cm³/mol. The number of carbonyl (C=O) groups excluding carboxylic acids is 1. The lowest BCUT2D eigenvalue weighted by atomic mass is 9.96. The summed E-state index contributed by atoms with van der Waals surface area (Å²) in [5, 5.41) is 24.0. The summed E-state index contributed by atoms with van der Waals surface area (Å²) in [6.07, 6.45) is -3.54. The fraction of sp³-hybridized carbons (Fsp3) is 0.500. The molecule has 3 rings (SSSR count). The lowest BCUT2D eigenvalue weighted by Crippen LogP contribution is -2.47. The van der Waals surface area contributed by atoms with E-state index in [1.807, 2.05) is 4.98 Å². The minimum atomic E-state index is -4.26. The van der Waals surface area contributed by atoms with E-state index in [0.29, 0.717) is 0 Å². The first-order chi connectivity index (χ1) is 16.8. The van der Waals surface area contributed by atoms with Gasteiger partial charge in [-0.3, -0.25) is 23.7 Å². The molecule has 0 spiro atoms. The maximum absolute atomic E-state index is 13.6. The molecule has 1 aliphatic rings. The number of aliphatic hydroxyl groups is 2. The van der Waals surface area contributed by atoms with Crippen molar-refractivity contribution in [2.75, 3.05) is 6.61 Å². The van der Waals surface area contributed by atoms with Gasteiger partial charge in [-0.1, -0.05) is 18.2 Å². The van der Waals surface area contributed by atoms with Crippen molar-refractivity contribution in [3.8, 4) is 5.75 Å². The van der Waals surface area contributed by atoms with Gasteiger partial charge in [0.05, 0.1) is 12.7 Å². The Balaban J connectivity index is 1.80. The monoisotopic (exact) mass is 527 g/mol. The van der Waals surface area contributed by atoms with E-state index in [1.54, 1.807) is 32.0 Å². The highest BCUT2D eigenvalue weighted by molar-refractivity contribution is 7.52. The van der Waals surface area contributed by atoms with Crippen molar-refractivity contribution < 1.29 is 38.1 Å². The number of aromatic amines is 1. The molecular formula is C22H30N3O10P. The molecule has 0 amide bonds. The van der Waals surface area contributed by atoms with E-state index in [4.69, 9.17) is 18.5 Å². The molecule has 3 unspecified atom stereocenters. The van der Waals surface area contributed by atoms with Gasteiger partial charge in [-0.05, 0) is 39.8 Å². The smallest absolute Gasteiger partial charge is 0.459 e. The molecule has 13 nitrogen and oxygen atoms in total. The van der Waals surface area contributed by atoms with Gasteiger partial charge < -0.3 is 24.2 Å². The Hall–Kier alpha value is -2.80. The SMILES string of the molecule is CC(C)OC(=O)[C@H](C)NP(=O)(OCC1O[C@@H](n2ccc(=O)[nH]c2=O)C(C)(O)[C@H]1O)Oc1ccccc1. The first-order valence-electron chi connectivity index (χ1n) is 11.2. The number of esters is 1. The Kier molecular flexibility index (Phi) is 8.55. The summed E-state index contributed by atoms with van der Waals surface area (Å²) >= 11 is 0. The van der Waals surface area contributed by atoms with E-state index in [1.165, 1.54) is 26.0 Å².